The molecular weight excluding hydrogens is 785 g/mol. The van der Waals surface area contributed by atoms with E-state index in [0.717, 1.165) is 44.2 Å². The Kier molecular flexibility index (Phi) is 8.60. The average molecular weight is 825 g/mol. The van der Waals surface area contributed by atoms with Crippen LogP contribution in [-0.2, 0) is 0 Å². The third kappa shape index (κ3) is 6.24. The summed E-state index contributed by atoms with van der Waals surface area (Å²) in [5.74, 6) is 0. The summed E-state index contributed by atoms with van der Waals surface area (Å²) in [7, 11) is 0. The van der Waals surface area contributed by atoms with Crippen molar-refractivity contribution >= 4 is 65.0 Å². The van der Waals surface area contributed by atoms with Gasteiger partial charge in [-0.05, 0) is 135 Å². The number of fused-ring (bicyclic) bond motifs is 7. The normalized spacial score (nSPS) is 11.7. The van der Waals surface area contributed by atoms with Gasteiger partial charge in [-0.15, -0.1) is 0 Å². The summed E-state index contributed by atoms with van der Waals surface area (Å²) >= 11 is 0. The van der Waals surface area contributed by atoms with Gasteiger partial charge in [0.05, 0.1) is 0 Å². The van der Waals surface area contributed by atoms with Crippen molar-refractivity contribution in [3.8, 4) is 66.8 Å². The molecule has 0 spiro atoms. The van der Waals surface area contributed by atoms with Crippen LogP contribution in [0, 0.1) is 0 Å². The lowest BCUT2D eigenvalue weighted by molar-refractivity contribution is 0.670. The van der Waals surface area contributed by atoms with Gasteiger partial charge in [-0.1, -0.05) is 212 Å². The second-order valence-electron chi connectivity index (χ2n) is 17.2. The summed E-state index contributed by atoms with van der Waals surface area (Å²) in [6, 6.07) is 88.7. The Morgan fingerprint density at radius 2 is 0.708 bits per heavy atom. The van der Waals surface area contributed by atoms with E-state index in [2.05, 4.69) is 243 Å². The minimum Gasteiger partial charge on any atom is -0.455 e. The van der Waals surface area contributed by atoms with Crippen molar-refractivity contribution in [1.29, 1.82) is 0 Å². The molecule has 65 heavy (non-hydrogen) atoms. The summed E-state index contributed by atoms with van der Waals surface area (Å²) in [6.45, 7) is 0. The number of furan rings is 1. The van der Waals surface area contributed by atoms with Gasteiger partial charge in [0.2, 0.25) is 0 Å². The van der Waals surface area contributed by atoms with E-state index < -0.39 is 0 Å². The first-order valence-electron chi connectivity index (χ1n) is 22.4. The molecule has 0 saturated carbocycles. The Morgan fingerprint density at radius 1 is 0.215 bits per heavy atom. The first-order chi connectivity index (χ1) is 32.2. The maximum absolute atomic E-state index is 6.77. The van der Waals surface area contributed by atoms with Crippen molar-refractivity contribution in [3.05, 3.63) is 243 Å². The van der Waals surface area contributed by atoms with E-state index in [4.69, 9.17) is 4.42 Å². The van der Waals surface area contributed by atoms with Gasteiger partial charge < -0.3 is 4.42 Å². The number of benzene rings is 12. The molecule has 0 radical (unpaired) electrons. The molecule has 1 heteroatoms. The largest absolute Gasteiger partial charge is 0.455 e. The fourth-order valence-electron chi connectivity index (χ4n) is 10.3. The van der Waals surface area contributed by atoms with E-state index >= 15 is 0 Å². The minimum atomic E-state index is 0.883. The average Bonchev–Trinajstić information content (AvgIpc) is 3.76. The molecule has 0 unspecified atom stereocenters. The van der Waals surface area contributed by atoms with Gasteiger partial charge in [0, 0.05) is 16.3 Å². The first kappa shape index (κ1) is 37.1. The van der Waals surface area contributed by atoms with E-state index in [1.807, 2.05) is 0 Å². The smallest absolute Gasteiger partial charge is 0.143 e. The number of hydrogen-bond acceptors (Lipinski definition) is 1. The predicted octanol–water partition coefficient (Wildman–Crippen LogP) is 18.2. The molecule has 1 nitrogen and oxygen atoms in total. The van der Waals surface area contributed by atoms with E-state index in [1.54, 1.807) is 0 Å². The zero-order valence-corrected chi connectivity index (χ0v) is 35.5. The van der Waals surface area contributed by atoms with Crippen LogP contribution in [0.3, 0.4) is 0 Å². The fourth-order valence-corrected chi connectivity index (χ4v) is 10.3. The Hall–Kier alpha value is -8.52. The highest BCUT2D eigenvalue weighted by Crippen LogP contribution is 2.47. The molecule has 0 saturated heterocycles. The molecule has 13 aromatic rings. The maximum atomic E-state index is 6.77. The minimum absolute atomic E-state index is 0.883. The van der Waals surface area contributed by atoms with Crippen molar-refractivity contribution in [3.63, 3.8) is 0 Å². The molecule has 1 aromatic heterocycles. The van der Waals surface area contributed by atoms with Gasteiger partial charge in [-0.3, -0.25) is 0 Å². The van der Waals surface area contributed by atoms with Gasteiger partial charge in [0.15, 0.2) is 0 Å². The lowest BCUT2D eigenvalue weighted by Gasteiger charge is -2.20. The van der Waals surface area contributed by atoms with E-state index in [-0.39, 0.29) is 0 Å². The summed E-state index contributed by atoms with van der Waals surface area (Å²) in [6.07, 6.45) is 0. The van der Waals surface area contributed by atoms with Crippen molar-refractivity contribution in [1.82, 2.24) is 0 Å². The molecule has 0 aliphatic heterocycles. The third-order valence-electron chi connectivity index (χ3n) is 13.5. The number of para-hydroxylation sites is 1. The van der Waals surface area contributed by atoms with Crippen LogP contribution in [-0.4, -0.2) is 0 Å². The lowest BCUT2D eigenvalue weighted by Crippen LogP contribution is -1.93. The molecule has 1 heterocycles. The van der Waals surface area contributed by atoms with Crippen molar-refractivity contribution in [2.45, 2.75) is 0 Å². The first-order valence-corrected chi connectivity index (χ1v) is 22.4. The van der Waals surface area contributed by atoms with Gasteiger partial charge in [0.1, 0.15) is 11.2 Å². The molecular formula is C64H40O. The van der Waals surface area contributed by atoms with E-state index in [1.165, 1.54) is 87.6 Å². The second-order valence-corrected chi connectivity index (χ2v) is 17.2. The summed E-state index contributed by atoms with van der Waals surface area (Å²) in [5.41, 5.74) is 16.0. The predicted molar refractivity (Wildman–Crippen MR) is 276 cm³/mol. The van der Waals surface area contributed by atoms with Gasteiger partial charge in [-0.25, -0.2) is 0 Å². The zero-order valence-electron chi connectivity index (χ0n) is 35.5. The number of rotatable bonds is 6. The van der Waals surface area contributed by atoms with Crippen LogP contribution >= 0.6 is 0 Å². The molecule has 13 rings (SSSR count). The van der Waals surface area contributed by atoms with Gasteiger partial charge in [-0.2, -0.15) is 0 Å². The quantitative estimate of drug-likeness (QED) is 0.152. The van der Waals surface area contributed by atoms with Crippen molar-refractivity contribution in [2.24, 2.45) is 0 Å². The topological polar surface area (TPSA) is 13.1 Å². The molecule has 0 fully saturated rings. The van der Waals surface area contributed by atoms with Crippen molar-refractivity contribution < 1.29 is 4.42 Å². The molecule has 0 aliphatic rings. The Morgan fingerprint density at radius 3 is 1.46 bits per heavy atom. The standard InChI is InChI=1S/C64H40O/c1-3-13-41(14-4-1)48-32-35-56-60(38-48)63(51-30-25-42-15-7-8-19-47(42)37-51)57-36-33-49(50-31-34-55-58-24-12-23-54(44-16-5-2-6-17-44)64(58)65-61(55)40-50)39-59(57)62(56)46-28-26-45(27-29-46)53-22-11-20-43-18-9-10-21-52(43)53/h1-40H. The molecule has 0 atom stereocenters. The highest BCUT2D eigenvalue weighted by Gasteiger charge is 2.20. The van der Waals surface area contributed by atoms with Crippen LogP contribution in [0.2, 0.25) is 0 Å². The Bertz CT molecular complexity index is 3960. The van der Waals surface area contributed by atoms with Crippen LogP contribution in [0.4, 0.5) is 0 Å². The molecule has 0 amide bonds. The SMILES string of the molecule is c1ccc(-c2ccc3c(-c4ccc(-c5cccc6ccccc56)cc4)c4cc(-c5ccc6c(c5)oc5c(-c7ccccc7)cccc56)ccc4c(-c4ccc5ccccc5c4)c3c2)cc1. The summed E-state index contributed by atoms with van der Waals surface area (Å²) in [4.78, 5) is 0. The molecule has 0 N–H and O–H groups in total. The van der Waals surface area contributed by atoms with E-state index in [0.29, 0.717) is 0 Å². The maximum Gasteiger partial charge on any atom is 0.143 e. The Labute approximate surface area is 377 Å². The third-order valence-corrected chi connectivity index (χ3v) is 13.5. The molecule has 0 aliphatic carbocycles. The lowest BCUT2D eigenvalue weighted by atomic mass is 9.83. The van der Waals surface area contributed by atoms with Crippen LogP contribution in [0.15, 0.2) is 247 Å². The van der Waals surface area contributed by atoms with Crippen LogP contribution in [0.25, 0.3) is 132 Å². The number of hydrogen-bond donors (Lipinski definition) is 0. The summed E-state index contributed by atoms with van der Waals surface area (Å²) < 4.78 is 6.77. The van der Waals surface area contributed by atoms with Crippen LogP contribution in [0.5, 0.6) is 0 Å². The molecule has 0 bridgehead atoms. The fraction of sp³-hybridized carbons (Fsp3) is 0. The van der Waals surface area contributed by atoms with Crippen molar-refractivity contribution in [2.75, 3.05) is 0 Å². The summed E-state index contributed by atoms with van der Waals surface area (Å²) in [5, 5.41) is 12.1. The second kappa shape index (κ2) is 15.1. The monoisotopic (exact) mass is 824 g/mol. The van der Waals surface area contributed by atoms with E-state index in [9.17, 15) is 0 Å². The zero-order chi connectivity index (χ0) is 42.8. The van der Waals surface area contributed by atoms with Gasteiger partial charge in [0.25, 0.3) is 0 Å². The highest BCUT2D eigenvalue weighted by molar-refractivity contribution is 6.23. The molecule has 302 valence electrons. The molecule has 12 aromatic carbocycles. The Balaban J connectivity index is 1.06. The van der Waals surface area contributed by atoms with Crippen LogP contribution < -0.4 is 0 Å². The van der Waals surface area contributed by atoms with Gasteiger partial charge >= 0.3 is 0 Å². The highest BCUT2D eigenvalue weighted by atomic mass is 16.3. The van der Waals surface area contributed by atoms with Crippen LogP contribution in [0.1, 0.15) is 0 Å².